The molecule has 2 amide bonds. The van der Waals surface area contributed by atoms with E-state index in [1.807, 2.05) is 18.4 Å². The topological polar surface area (TPSA) is 49.4 Å². The molecule has 0 saturated heterocycles. The first kappa shape index (κ1) is 17.2. The van der Waals surface area contributed by atoms with Gasteiger partial charge < -0.3 is 10.2 Å². The molecule has 6 heteroatoms. The number of rotatable bonds is 5. The lowest BCUT2D eigenvalue weighted by Crippen LogP contribution is -2.33. The third kappa shape index (κ3) is 5.23. The highest BCUT2D eigenvalue weighted by Gasteiger charge is 2.11. The van der Waals surface area contributed by atoms with Crippen molar-refractivity contribution < 1.29 is 9.59 Å². The van der Waals surface area contributed by atoms with Crippen LogP contribution in [0.25, 0.3) is 6.08 Å². The van der Waals surface area contributed by atoms with Gasteiger partial charge in [0.15, 0.2) is 0 Å². The van der Waals surface area contributed by atoms with Crippen molar-refractivity contribution in [3.05, 3.63) is 57.3 Å². The summed E-state index contributed by atoms with van der Waals surface area (Å²) in [5.74, 6) is -0.479. The highest BCUT2D eigenvalue weighted by atomic mass is 35.5. The van der Waals surface area contributed by atoms with Crippen molar-refractivity contribution in [3.8, 4) is 0 Å². The van der Waals surface area contributed by atoms with E-state index in [-0.39, 0.29) is 18.4 Å². The zero-order chi connectivity index (χ0) is 16.8. The summed E-state index contributed by atoms with van der Waals surface area (Å²) >= 11 is 7.36. The molecule has 1 heterocycles. The number of halogens is 1. The van der Waals surface area contributed by atoms with Gasteiger partial charge in [0.05, 0.1) is 6.54 Å². The van der Waals surface area contributed by atoms with Gasteiger partial charge in [-0.15, -0.1) is 11.3 Å². The fraction of sp³-hybridized carbons (Fsp3) is 0.176. The van der Waals surface area contributed by atoms with E-state index in [2.05, 4.69) is 5.32 Å². The van der Waals surface area contributed by atoms with Crippen molar-refractivity contribution in [1.29, 1.82) is 0 Å². The summed E-state index contributed by atoms with van der Waals surface area (Å²) < 4.78 is 0. The molecule has 1 N–H and O–H groups in total. The Morgan fingerprint density at radius 2 is 1.96 bits per heavy atom. The van der Waals surface area contributed by atoms with Gasteiger partial charge in [0, 0.05) is 28.7 Å². The Morgan fingerprint density at radius 1 is 1.26 bits per heavy atom. The maximum absolute atomic E-state index is 12.0. The minimum atomic E-state index is -0.260. The zero-order valence-electron chi connectivity index (χ0n) is 12.9. The van der Waals surface area contributed by atoms with Gasteiger partial charge in [0.1, 0.15) is 0 Å². The van der Waals surface area contributed by atoms with Gasteiger partial charge in [0.2, 0.25) is 11.8 Å². The molecule has 0 radical (unpaired) electrons. The number of nitrogens with zero attached hydrogens (tertiary/aromatic N) is 1. The summed E-state index contributed by atoms with van der Waals surface area (Å²) in [6.45, 7) is 1.97. The number of amides is 2. The van der Waals surface area contributed by atoms with E-state index in [1.165, 1.54) is 11.0 Å². The fourth-order valence-corrected chi connectivity index (χ4v) is 2.80. The molecule has 0 saturated carbocycles. The van der Waals surface area contributed by atoms with E-state index >= 15 is 0 Å². The van der Waals surface area contributed by atoms with E-state index in [0.29, 0.717) is 10.7 Å². The Morgan fingerprint density at radius 3 is 2.57 bits per heavy atom. The van der Waals surface area contributed by atoms with Crippen LogP contribution >= 0.6 is 22.9 Å². The number of likely N-dealkylation sites (N-methyl/N-ethyl adjacent to an activating group) is 1. The van der Waals surface area contributed by atoms with Crippen LogP contribution in [-0.2, 0) is 9.59 Å². The Balaban J connectivity index is 1.87. The summed E-state index contributed by atoms with van der Waals surface area (Å²) in [6, 6.07) is 8.80. The average molecular weight is 349 g/mol. The van der Waals surface area contributed by atoms with Crippen molar-refractivity contribution in [2.45, 2.75) is 6.92 Å². The molecule has 2 aromatic rings. The maximum Gasteiger partial charge on any atom is 0.246 e. The Hall–Kier alpha value is -2.11. The summed E-state index contributed by atoms with van der Waals surface area (Å²) in [7, 11) is 1.59. The van der Waals surface area contributed by atoms with Crippen LogP contribution in [0.4, 0.5) is 5.69 Å². The van der Waals surface area contributed by atoms with E-state index in [1.54, 1.807) is 48.7 Å². The van der Waals surface area contributed by atoms with Crippen molar-refractivity contribution in [1.82, 2.24) is 4.90 Å². The molecule has 120 valence electrons. The van der Waals surface area contributed by atoms with E-state index < -0.39 is 0 Å². The largest absolute Gasteiger partial charge is 0.333 e. The number of carbonyl (C=O) groups excluding carboxylic acids is 2. The van der Waals surface area contributed by atoms with Crippen LogP contribution in [-0.4, -0.2) is 30.3 Å². The molecule has 4 nitrogen and oxygen atoms in total. The Bertz CT molecular complexity index is 722. The lowest BCUT2D eigenvalue weighted by molar-refractivity contribution is -0.129. The first-order valence-electron chi connectivity index (χ1n) is 6.98. The second-order valence-electron chi connectivity index (χ2n) is 5.05. The molecular formula is C17H17ClN2O2S. The van der Waals surface area contributed by atoms with E-state index in [0.717, 1.165) is 10.4 Å². The second kappa shape index (κ2) is 7.94. The average Bonchev–Trinajstić information content (AvgIpc) is 2.92. The highest BCUT2D eigenvalue weighted by molar-refractivity contribution is 7.11. The lowest BCUT2D eigenvalue weighted by atomic mass is 10.2. The van der Waals surface area contributed by atoms with Crippen LogP contribution < -0.4 is 5.32 Å². The summed E-state index contributed by atoms with van der Waals surface area (Å²) in [5, 5.41) is 5.30. The first-order chi connectivity index (χ1) is 11.0. The van der Waals surface area contributed by atoms with Crippen molar-refractivity contribution in [3.63, 3.8) is 0 Å². The standard InChI is InChI=1S/C17H17ClN2O2S/c1-12-9-10-23-15(12)7-8-17(22)20(2)11-16(21)19-14-5-3-13(18)4-6-14/h3-10H,11H2,1-2H3,(H,19,21)/b8-7+. The number of aryl methyl sites for hydroxylation is 1. The van der Waals surface area contributed by atoms with Crippen LogP contribution in [0, 0.1) is 6.92 Å². The molecule has 1 aromatic heterocycles. The fourth-order valence-electron chi connectivity index (χ4n) is 1.86. The number of thiophene rings is 1. The number of hydrogen-bond donors (Lipinski definition) is 1. The maximum atomic E-state index is 12.0. The quantitative estimate of drug-likeness (QED) is 0.835. The van der Waals surface area contributed by atoms with Crippen molar-refractivity contribution in [2.24, 2.45) is 0 Å². The Kier molecular flexibility index (Phi) is 5.96. The molecule has 1 aromatic carbocycles. The minimum absolute atomic E-state index is 0.0186. The smallest absolute Gasteiger partial charge is 0.246 e. The van der Waals surface area contributed by atoms with Crippen molar-refractivity contribution >= 4 is 46.5 Å². The number of benzene rings is 1. The second-order valence-corrected chi connectivity index (χ2v) is 6.43. The molecule has 23 heavy (non-hydrogen) atoms. The first-order valence-corrected chi connectivity index (χ1v) is 8.24. The number of nitrogens with one attached hydrogen (secondary N) is 1. The van der Waals surface area contributed by atoms with Gasteiger partial charge in [0.25, 0.3) is 0 Å². The van der Waals surface area contributed by atoms with E-state index in [4.69, 9.17) is 11.6 Å². The molecule has 0 aliphatic carbocycles. The molecule has 0 bridgehead atoms. The van der Waals surface area contributed by atoms with Crippen LogP contribution in [0.3, 0.4) is 0 Å². The zero-order valence-corrected chi connectivity index (χ0v) is 14.4. The van der Waals surface area contributed by atoms with Crippen LogP contribution in [0.1, 0.15) is 10.4 Å². The molecule has 0 unspecified atom stereocenters. The molecule has 0 aliphatic heterocycles. The third-order valence-electron chi connectivity index (χ3n) is 3.16. The van der Waals surface area contributed by atoms with Crippen LogP contribution in [0.2, 0.25) is 5.02 Å². The predicted octanol–water partition coefficient (Wildman–Crippen LogP) is 3.82. The summed E-state index contributed by atoms with van der Waals surface area (Å²) in [4.78, 5) is 26.4. The lowest BCUT2D eigenvalue weighted by Gasteiger charge is -2.14. The van der Waals surface area contributed by atoms with Gasteiger partial charge >= 0.3 is 0 Å². The monoisotopic (exact) mass is 348 g/mol. The van der Waals surface area contributed by atoms with Gasteiger partial charge in [-0.05, 0) is 54.3 Å². The minimum Gasteiger partial charge on any atom is -0.333 e. The summed E-state index contributed by atoms with van der Waals surface area (Å²) in [5.41, 5.74) is 1.77. The van der Waals surface area contributed by atoms with Crippen molar-refractivity contribution in [2.75, 3.05) is 18.9 Å². The normalized spacial score (nSPS) is 10.7. The van der Waals surface area contributed by atoms with E-state index in [9.17, 15) is 9.59 Å². The van der Waals surface area contributed by atoms with Crippen LogP contribution in [0.15, 0.2) is 41.8 Å². The van der Waals surface area contributed by atoms with Gasteiger partial charge in [-0.1, -0.05) is 11.6 Å². The molecular weight excluding hydrogens is 332 g/mol. The number of hydrogen-bond acceptors (Lipinski definition) is 3. The van der Waals surface area contributed by atoms with Gasteiger partial charge in [-0.3, -0.25) is 9.59 Å². The van der Waals surface area contributed by atoms with Gasteiger partial charge in [-0.25, -0.2) is 0 Å². The van der Waals surface area contributed by atoms with Crippen LogP contribution in [0.5, 0.6) is 0 Å². The van der Waals surface area contributed by atoms with Gasteiger partial charge in [-0.2, -0.15) is 0 Å². The predicted molar refractivity (Wildman–Crippen MR) is 95.8 cm³/mol. The molecule has 0 spiro atoms. The molecule has 2 rings (SSSR count). The molecule has 0 aliphatic rings. The SMILES string of the molecule is Cc1ccsc1/C=C/C(=O)N(C)CC(=O)Nc1ccc(Cl)cc1. The third-order valence-corrected chi connectivity index (χ3v) is 4.40. The Labute approximate surface area is 144 Å². The number of anilines is 1. The highest BCUT2D eigenvalue weighted by Crippen LogP contribution is 2.17. The number of carbonyl (C=O) groups is 2. The molecule has 0 atom stereocenters. The molecule has 0 fully saturated rings. The summed E-state index contributed by atoms with van der Waals surface area (Å²) in [6.07, 6.45) is 3.25.